The summed E-state index contributed by atoms with van der Waals surface area (Å²) in [7, 11) is 1.57. The zero-order valence-electron chi connectivity index (χ0n) is 24.3. The van der Waals surface area contributed by atoms with Crippen molar-refractivity contribution in [3.8, 4) is 5.75 Å². The van der Waals surface area contributed by atoms with Gasteiger partial charge in [-0.05, 0) is 68.1 Å². The first-order chi connectivity index (χ1) is 18.7. The van der Waals surface area contributed by atoms with E-state index in [0.717, 1.165) is 50.6 Å². The monoisotopic (exact) mass is 544 g/mol. The Kier molecular flexibility index (Phi) is 14.1. The summed E-state index contributed by atoms with van der Waals surface area (Å²) < 4.78 is 11.4. The lowest BCUT2D eigenvalue weighted by Crippen LogP contribution is -2.47. The van der Waals surface area contributed by atoms with Gasteiger partial charge >= 0.3 is 5.97 Å². The number of hydrogen-bond donors (Lipinski definition) is 3. The van der Waals surface area contributed by atoms with Crippen LogP contribution in [-0.4, -0.2) is 49.3 Å². The summed E-state index contributed by atoms with van der Waals surface area (Å²) >= 11 is 0. The fourth-order valence-electron chi connectivity index (χ4n) is 5.25. The summed E-state index contributed by atoms with van der Waals surface area (Å²) in [6, 6.07) is 6.18. The average Bonchev–Trinajstić information content (AvgIpc) is 2.91. The molecule has 1 saturated carbocycles. The second-order valence-electron chi connectivity index (χ2n) is 11.0. The van der Waals surface area contributed by atoms with Crippen molar-refractivity contribution < 1.29 is 29.0 Å². The van der Waals surface area contributed by atoms with Crippen LogP contribution in [0.25, 0.3) is 0 Å². The van der Waals surface area contributed by atoms with Crippen LogP contribution in [0.1, 0.15) is 89.4 Å². The minimum absolute atomic E-state index is 0.184. The first-order valence-electron chi connectivity index (χ1n) is 14.4. The molecule has 1 fully saturated rings. The maximum Gasteiger partial charge on any atom is 0.326 e. The molecule has 8 nitrogen and oxygen atoms in total. The second-order valence-corrected chi connectivity index (χ2v) is 11.0. The van der Waals surface area contributed by atoms with Gasteiger partial charge in [0, 0.05) is 23.8 Å². The van der Waals surface area contributed by atoms with Crippen molar-refractivity contribution in [2.24, 2.45) is 23.7 Å². The lowest BCUT2D eigenvalue weighted by atomic mass is 9.81. The van der Waals surface area contributed by atoms with Crippen LogP contribution in [0.4, 0.5) is 0 Å². The number of nitrogens with one attached hydrogen (secondary N) is 2. The molecule has 8 heteroatoms. The van der Waals surface area contributed by atoms with E-state index in [2.05, 4.69) is 30.6 Å². The molecular formula is C31H48N2O6. The summed E-state index contributed by atoms with van der Waals surface area (Å²) in [6.45, 7) is 8.67. The molecule has 2 amide bonds. The molecule has 2 unspecified atom stereocenters. The number of ether oxygens (including phenoxy) is 2. The molecule has 0 aliphatic heterocycles. The lowest BCUT2D eigenvalue weighted by Gasteiger charge is -2.30. The standard InChI is InChI=1S/C31H48N2O6/c1-6-10-22(11-7-2)17-26(32-29(34)25-14-9-15-27(18-25)38-5)20-39-19-23-12-8-13-24(16-23)30(35)33-28(21(3)4)31(36)37/h9,14-15,17-18,21-24,28H,6-8,10-13,16,19-20H2,1-5H3,(H,32,34)(H,33,35)(H,36,37)/b26-17+/t23?,24?,28-/m0/s1. The zero-order valence-corrected chi connectivity index (χ0v) is 24.3. The van der Waals surface area contributed by atoms with Gasteiger partial charge in [0.15, 0.2) is 0 Å². The number of amides is 2. The molecule has 2 rings (SSSR count). The minimum atomic E-state index is -1.01. The van der Waals surface area contributed by atoms with Gasteiger partial charge in [-0.25, -0.2) is 4.79 Å². The molecule has 0 saturated heterocycles. The Labute approximate surface area is 233 Å². The third-order valence-electron chi connectivity index (χ3n) is 7.36. The fraction of sp³-hybridized carbons (Fsp3) is 0.645. The number of methoxy groups -OCH3 is 1. The molecule has 218 valence electrons. The van der Waals surface area contributed by atoms with Crippen molar-refractivity contribution in [3.63, 3.8) is 0 Å². The highest BCUT2D eigenvalue weighted by Crippen LogP contribution is 2.30. The van der Waals surface area contributed by atoms with Crippen molar-refractivity contribution in [1.82, 2.24) is 10.6 Å². The number of benzene rings is 1. The first-order valence-corrected chi connectivity index (χ1v) is 14.4. The average molecular weight is 545 g/mol. The third-order valence-corrected chi connectivity index (χ3v) is 7.36. The van der Waals surface area contributed by atoms with Gasteiger partial charge < -0.3 is 25.2 Å². The number of allylic oxidation sites excluding steroid dienone is 1. The van der Waals surface area contributed by atoms with Gasteiger partial charge in [-0.2, -0.15) is 0 Å². The van der Waals surface area contributed by atoms with Crippen LogP contribution >= 0.6 is 0 Å². The van der Waals surface area contributed by atoms with Gasteiger partial charge in [-0.1, -0.05) is 59.1 Å². The summed E-state index contributed by atoms with van der Waals surface area (Å²) in [6.07, 6.45) is 9.62. The van der Waals surface area contributed by atoms with Crippen LogP contribution in [0.3, 0.4) is 0 Å². The molecule has 0 heterocycles. The second kappa shape index (κ2) is 17.0. The number of hydrogen-bond acceptors (Lipinski definition) is 5. The predicted octanol–water partition coefficient (Wildman–Crippen LogP) is 5.57. The highest BCUT2D eigenvalue weighted by atomic mass is 16.5. The Bertz CT molecular complexity index is 954. The van der Waals surface area contributed by atoms with Gasteiger partial charge in [-0.15, -0.1) is 0 Å². The number of carboxylic acids is 1. The molecule has 1 aromatic rings. The van der Waals surface area contributed by atoms with E-state index in [9.17, 15) is 19.5 Å². The van der Waals surface area contributed by atoms with E-state index in [1.807, 2.05) is 0 Å². The van der Waals surface area contributed by atoms with Crippen LogP contribution in [0.15, 0.2) is 36.0 Å². The van der Waals surface area contributed by atoms with E-state index in [1.165, 1.54) is 0 Å². The number of carbonyl (C=O) groups is 3. The Balaban J connectivity index is 2.02. The smallest absolute Gasteiger partial charge is 0.326 e. The number of rotatable bonds is 16. The van der Waals surface area contributed by atoms with Crippen LogP contribution in [-0.2, 0) is 14.3 Å². The summed E-state index contributed by atoms with van der Waals surface area (Å²) in [4.78, 5) is 37.4. The Morgan fingerprint density at radius 1 is 1.13 bits per heavy atom. The maximum absolute atomic E-state index is 13.0. The lowest BCUT2D eigenvalue weighted by molar-refractivity contribution is -0.144. The van der Waals surface area contributed by atoms with E-state index in [-0.39, 0.29) is 36.2 Å². The quantitative estimate of drug-likeness (QED) is 0.251. The molecule has 1 aliphatic rings. The number of carbonyl (C=O) groups excluding carboxylic acids is 2. The van der Waals surface area contributed by atoms with E-state index in [1.54, 1.807) is 45.2 Å². The van der Waals surface area contributed by atoms with Gasteiger partial charge in [0.25, 0.3) is 5.91 Å². The third kappa shape index (κ3) is 11.0. The molecular weight excluding hydrogens is 496 g/mol. The van der Waals surface area contributed by atoms with Crippen molar-refractivity contribution in [2.75, 3.05) is 20.3 Å². The van der Waals surface area contributed by atoms with Crippen molar-refractivity contribution in [3.05, 3.63) is 41.6 Å². The number of aliphatic carboxylic acids is 1. The topological polar surface area (TPSA) is 114 Å². The normalized spacial score (nSPS) is 18.6. The van der Waals surface area contributed by atoms with Crippen LogP contribution in [0.2, 0.25) is 0 Å². The van der Waals surface area contributed by atoms with Crippen molar-refractivity contribution >= 4 is 17.8 Å². The highest BCUT2D eigenvalue weighted by molar-refractivity contribution is 5.95. The van der Waals surface area contributed by atoms with Gasteiger partial charge in [0.05, 0.1) is 13.7 Å². The molecule has 1 aliphatic carbocycles. The Hall–Kier alpha value is -2.87. The molecule has 0 radical (unpaired) electrons. The van der Waals surface area contributed by atoms with E-state index >= 15 is 0 Å². The summed E-state index contributed by atoms with van der Waals surface area (Å²) in [5.41, 5.74) is 1.27. The maximum atomic E-state index is 13.0. The zero-order chi connectivity index (χ0) is 28.8. The van der Waals surface area contributed by atoms with E-state index < -0.39 is 12.0 Å². The Morgan fingerprint density at radius 3 is 2.46 bits per heavy atom. The van der Waals surface area contributed by atoms with E-state index in [4.69, 9.17) is 9.47 Å². The van der Waals surface area contributed by atoms with Crippen molar-refractivity contribution in [1.29, 1.82) is 0 Å². The fourth-order valence-corrected chi connectivity index (χ4v) is 5.25. The Morgan fingerprint density at radius 2 is 1.85 bits per heavy atom. The number of carboxylic acid groups (broad SMARTS) is 1. The molecule has 0 bridgehead atoms. The first kappa shape index (κ1) is 32.3. The molecule has 0 aromatic heterocycles. The minimum Gasteiger partial charge on any atom is -0.497 e. The van der Waals surface area contributed by atoms with Crippen LogP contribution in [0, 0.1) is 23.7 Å². The molecule has 3 atom stereocenters. The van der Waals surface area contributed by atoms with Crippen LogP contribution < -0.4 is 15.4 Å². The SMILES string of the molecule is CCCC(/C=C(\COCC1CCCC(C(=O)N[C@H](C(=O)O)C(C)C)C1)NC(=O)c1cccc(OC)c1)CCC. The predicted molar refractivity (Wildman–Crippen MR) is 153 cm³/mol. The van der Waals surface area contributed by atoms with Gasteiger partial charge in [-0.3, -0.25) is 9.59 Å². The molecule has 1 aromatic carbocycles. The molecule has 0 spiro atoms. The molecule has 3 N–H and O–H groups in total. The van der Waals surface area contributed by atoms with Crippen molar-refractivity contribution in [2.45, 2.75) is 85.1 Å². The largest absolute Gasteiger partial charge is 0.497 e. The van der Waals surface area contributed by atoms with Crippen LogP contribution in [0.5, 0.6) is 5.75 Å². The van der Waals surface area contributed by atoms with Gasteiger partial charge in [0.2, 0.25) is 5.91 Å². The summed E-state index contributed by atoms with van der Waals surface area (Å²) in [5, 5.41) is 15.2. The van der Waals surface area contributed by atoms with E-state index in [0.29, 0.717) is 30.3 Å². The van der Waals surface area contributed by atoms with Gasteiger partial charge in [0.1, 0.15) is 11.8 Å². The highest BCUT2D eigenvalue weighted by Gasteiger charge is 2.31. The summed E-state index contributed by atoms with van der Waals surface area (Å²) in [5.74, 6) is -0.613. The molecule has 39 heavy (non-hydrogen) atoms.